The molecule has 0 aromatic heterocycles. The van der Waals surface area contributed by atoms with Crippen LogP contribution in [0.4, 0.5) is 0 Å². The van der Waals surface area contributed by atoms with Gasteiger partial charge in [-0.15, -0.1) is 0 Å². The van der Waals surface area contributed by atoms with Crippen LogP contribution in [0.3, 0.4) is 0 Å². The Morgan fingerprint density at radius 2 is 2.29 bits per heavy atom. The molecule has 4 heteroatoms. The third kappa shape index (κ3) is 2.52. The largest absolute Gasteiger partial charge is 0.546 e. The summed E-state index contributed by atoms with van der Waals surface area (Å²) in [5.74, 6) is 0.0340. The van der Waals surface area contributed by atoms with Crippen LogP contribution in [0.15, 0.2) is 18.2 Å². The Labute approximate surface area is 100 Å². The van der Waals surface area contributed by atoms with Gasteiger partial charge in [-0.2, -0.15) is 0 Å². The zero-order valence-electron chi connectivity index (χ0n) is 9.99. The summed E-state index contributed by atoms with van der Waals surface area (Å²) in [4.78, 5) is 10.3. The number of fused-ring (bicyclic) bond motifs is 1. The van der Waals surface area contributed by atoms with Gasteiger partial charge in [0.1, 0.15) is 18.1 Å². The number of hydrogen-bond donors (Lipinski definition) is 0. The van der Waals surface area contributed by atoms with Crippen LogP contribution in [0, 0.1) is 0 Å². The fourth-order valence-electron chi connectivity index (χ4n) is 1.96. The average molecular weight is 235 g/mol. The molecule has 1 aromatic rings. The van der Waals surface area contributed by atoms with Gasteiger partial charge in [-0.3, -0.25) is 0 Å². The van der Waals surface area contributed by atoms with Gasteiger partial charge in [-0.1, -0.05) is 19.9 Å². The van der Waals surface area contributed by atoms with E-state index in [2.05, 4.69) is 13.8 Å². The summed E-state index contributed by atoms with van der Waals surface area (Å²) in [5, 5.41) is 10.3. The third-order valence-electron chi connectivity index (χ3n) is 3.02. The first kappa shape index (κ1) is 11.8. The monoisotopic (exact) mass is 235 g/mol. The Morgan fingerprint density at radius 3 is 3.00 bits per heavy atom. The molecule has 4 nitrogen and oxygen atoms in total. The van der Waals surface area contributed by atoms with Crippen LogP contribution >= 0.6 is 0 Å². The minimum Gasteiger partial charge on any atom is -0.546 e. The van der Waals surface area contributed by atoms with Crippen molar-refractivity contribution >= 4 is 5.97 Å². The summed E-state index contributed by atoms with van der Waals surface area (Å²) >= 11 is 0. The standard InChI is InChI=1S/C13H16O4/c1-13(2)5-6-16-11-7-9(3-4-10(11)13)17-8-12(14)15/h3-4,7H,5-6,8H2,1-2H3,(H,14,15)/p-1. The maximum Gasteiger partial charge on any atom is 0.128 e. The SMILES string of the molecule is CC1(C)CCOc2cc(OCC(=O)[O-])ccc21. The van der Waals surface area contributed by atoms with Crippen molar-refractivity contribution in [2.45, 2.75) is 25.7 Å². The Kier molecular flexibility index (Phi) is 2.96. The fraction of sp³-hybridized carbons (Fsp3) is 0.462. The van der Waals surface area contributed by atoms with Gasteiger partial charge in [0.15, 0.2) is 0 Å². The summed E-state index contributed by atoms with van der Waals surface area (Å²) in [6.45, 7) is 4.55. The first-order valence-corrected chi connectivity index (χ1v) is 5.59. The molecule has 0 fully saturated rings. The van der Waals surface area contributed by atoms with Crippen LogP contribution < -0.4 is 14.6 Å². The smallest absolute Gasteiger partial charge is 0.128 e. The Morgan fingerprint density at radius 1 is 1.53 bits per heavy atom. The van der Waals surface area contributed by atoms with Crippen molar-refractivity contribution in [3.05, 3.63) is 23.8 Å². The van der Waals surface area contributed by atoms with Crippen molar-refractivity contribution in [1.29, 1.82) is 0 Å². The lowest BCUT2D eigenvalue weighted by Crippen LogP contribution is -2.29. The lowest BCUT2D eigenvalue weighted by atomic mass is 9.80. The van der Waals surface area contributed by atoms with Gasteiger partial charge in [0, 0.05) is 11.6 Å². The lowest BCUT2D eigenvalue weighted by molar-refractivity contribution is -0.307. The van der Waals surface area contributed by atoms with E-state index in [1.54, 1.807) is 12.1 Å². The highest BCUT2D eigenvalue weighted by Crippen LogP contribution is 2.39. The molecular formula is C13H15O4-. The van der Waals surface area contributed by atoms with Gasteiger partial charge in [0.05, 0.1) is 12.6 Å². The molecule has 1 aliphatic rings. The topological polar surface area (TPSA) is 58.6 Å². The van der Waals surface area contributed by atoms with Crippen molar-refractivity contribution in [2.75, 3.05) is 13.2 Å². The number of ether oxygens (including phenoxy) is 2. The summed E-state index contributed by atoms with van der Waals surface area (Å²) in [5.41, 5.74) is 1.21. The van der Waals surface area contributed by atoms with Crippen molar-refractivity contribution in [2.24, 2.45) is 0 Å². The van der Waals surface area contributed by atoms with Crippen molar-refractivity contribution < 1.29 is 19.4 Å². The molecule has 1 aromatic carbocycles. The lowest BCUT2D eigenvalue weighted by Gasteiger charge is -2.32. The summed E-state index contributed by atoms with van der Waals surface area (Å²) in [6.07, 6.45) is 0.971. The molecular weight excluding hydrogens is 220 g/mol. The molecule has 0 aliphatic carbocycles. The van der Waals surface area contributed by atoms with E-state index >= 15 is 0 Å². The van der Waals surface area contributed by atoms with E-state index in [0.717, 1.165) is 17.7 Å². The van der Waals surface area contributed by atoms with Crippen LogP contribution in [0.5, 0.6) is 11.5 Å². The molecule has 0 radical (unpaired) electrons. The molecule has 0 saturated carbocycles. The highest BCUT2D eigenvalue weighted by atomic mass is 16.5. The molecule has 0 unspecified atom stereocenters. The van der Waals surface area contributed by atoms with E-state index in [4.69, 9.17) is 9.47 Å². The number of carbonyl (C=O) groups excluding carboxylic acids is 1. The van der Waals surface area contributed by atoms with E-state index in [1.807, 2.05) is 6.07 Å². The minimum atomic E-state index is -1.23. The van der Waals surface area contributed by atoms with Gasteiger partial charge in [0.25, 0.3) is 0 Å². The minimum absolute atomic E-state index is 0.0838. The van der Waals surface area contributed by atoms with Crippen LogP contribution in [0.2, 0.25) is 0 Å². The Balaban J connectivity index is 2.22. The normalized spacial score (nSPS) is 16.8. The molecule has 0 atom stereocenters. The first-order chi connectivity index (χ1) is 7.99. The van der Waals surface area contributed by atoms with E-state index in [0.29, 0.717) is 12.4 Å². The van der Waals surface area contributed by atoms with Gasteiger partial charge in [-0.25, -0.2) is 0 Å². The predicted octanol–water partition coefficient (Wildman–Crippen LogP) is 0.875. The second kappa shape index (κ2) is 4.28. The molecule has 0 spiro atoms. The summed E-state index contributed by atoms with van der Waals surface area (Å²) < 4.78 is 10.6. The van der Waals surface area contributed by atoms with E-state index < -0.39 is 12.6 Å². The maximum atomic E-state index is 10.3. The predicted molar refractivity (Wildman–Crippen MR) is 60.1 cm³/mol. The Bertz CT molecular complexity index is 437. The first-order valence-electron chi connectivity index (χ1n) is 5.59. The molecule has 0 bridgehead atoms. The van der Waals surface area contributed by atoms with Crippen LogP contribution in [0.25, 0.3) is 0 Å². The highest BCUT2D eigenvalue weighted by Gasteiger charge is 2.28. The van der Waals surface area contributed by atoms with Gasteiger partial charge >= 0.3 is 0 Å². The van der Waals surface area contributed by atoms with Crippen LogP contribution in [-0.4, -0.2) is 19.2 Å². The molecule has 2 rings (SSSR count). The molecule has 17 heavy (non-hydrogen) atoms. The summed E-state index contributed by atoms with van der Waals surface area (Å²) in [6, 6.07) is 5.43. The number of benzene rings is 1. The number of rotatable bonds is 3. The van der Waals surface area contributed by atoms with Gasteiger partial charge < -0.3 is 19.4 Å². The number of carbonyl (C=O) groups is 1. The highest BCUT2D eigenvalue weighted by molar-refractivity contribution is 5.66. The molecule has 92 valence electrons. The number of hydrogen-bond acceptors (Lipinski definition) is 4. The van der Waals surface area contributed by atoms with E-state index in [9.17, 15) is 9.90 Å². The number of carboxylic acids is 1. The van der Waals surface area contributed by atoms with E-state index in [1.165, 1.54) is 0 Å². The van der Waals surface area contributed by atoms with Crippen LogP contribution in [0.1, 0.15) is 25.8 Å². The Hall–Kier alpha value is -1.71. The van der Waals surface area contributed by atoms with Crippen molar-refractivity contribution in [3.63, 3.8) is 0 Å². The molecule has 0 N–H and O–H groups in total. The number of aliphatic carboxylic acids is 1. The molecule has 1 aliphatic heterocycles. The van der Waals surface area contributed by atoms with Gasteiger partial charge in [-0.05, 0) is 17.9 Å². The third-order valence-corrected chi connectivity index (χ3v) is 3.02. The zero-order valence-corrected chi connectivity index (χ0v) is 9.99. The second-order valence-electron chi connectivity index (χ2n) is 4.80. The average Bonchev–Trinajstić information content (AvgIpc) is 2.25. The van der Waals surface area contributed by atoms with Crippen molar-refractivity contribution in [1.82, 2.24) is 0 Å². The molecule has 1 heterocycles. The van der Waals surface area contributed by atoms with Crippen molar-refractivity contribution in [3.8, 4) is 11.5 Å². The van der Waals surface area contributed by atoms with E-state index in [-0.39, 0.29) is 5.41 Å². The zero-order chi connectivity index (χ0) is 12.5. The number of carboxylic acid groups (broad SMARTS) is 1. The molecule has 0 amide bonds. The fourth-order valence-corrected chi connectivity index (χ4v) is 1.96. The maximum absolute atomic E-state index is 10.3. The second-order valence-corrected chi connectivity index (χ2v) is 4.80. The van der Waals surface area contributed by atoms with Gasteiger partial charge in [0.2, 0.25) is 0 Å². The molecule has 0 saturated heterocycles. The quantitative estimate of drug-likeness (QED) is 0.780. The van der Waals surface area contributed by atoms with Crippen LogP contribution in [-0.2, 0) is 10.2 Å². The summed E-state index contributed by atoms with van der Waals surface area (Å²) in [7, 11) is 0.